The summed E-state index contributed by atoms with van der Waals surface area (Å²) in [7, 11) is 0. The fraction of sp³-hybridized carbons (Fsp3) is 0.667. The van der Waals surface area contributed by atoms with E-state index in [1.165, 1.54) is 32.1 Å². The Bertz CT molecular complexity index is 372. The van der Waals surface area contributed by atoms with E-state index >= 15 is 0 Å². The zero-order chi connectivity index (χ0) is 11.5. The first kappa shape index (κ1) is 11.6. The molecule has 0 radical (unpaired) electrons. The van der Waals surface area contributed by atoms with Crippen molar-refractivity contribution in [3.63, 3.8) is 0 Å². The lowest BCUT2D eigenvalue weighted by atomic mass is 9.82. The van der Waals surface area contributed by atoms with Crippen molar-refractivity contribution in [1.82, 2.24) is 9.55 Å². The van der Waals surface area contributed by atoms with Crippen LogP contribution in [0.25, 0.3) is 0 Å². The van der Waals surface area contributed by atoms with Gasteiger partial charge in [-0.25, -0.2) is 4.98 Å². The van der Waals surface area contributed by atoms with Crippen LogP contribution in [0.15, 0.2) is 12.4 Å². The van der Waals surface area contributed by atoms with E-state index in [1.807, 2.05) is 6.20 Å². The molecule has 3 nitrogen and oxygen atoms in total. The second-order valence-corrected chi connectivity index (χ2v) is 4.98. The predicted octanol–water partition coefficient (Wildman–Crippen LogP) is 2.66. The lowest BCUT2D eigenvalue weighted by Crippen LogP contribution is -2.27. The molecule has 1 aromatic rings. The number of nitrogens with zero attached hydrogens (tertiary/aromatic N) is 2. The molecular weight excluding hydrogens is 218 g/mol. The van der Waals surface area contributed by atoms with Crippen molar-refractivity contribution in [3.05, 3.63) is 18.2 Å². The molecule has 2 atom stereocenters. The monoisotopic (exact) mass is 237 g/mol. The Hall–Kier alpha value is -0.900. The number of nitrogens with two attached hydrogens (primary N) is 1. The number of hydrogen-bond acceptors (Lipinski definition) is 2. The molecule has 1 aliphatic rings. The van der Waals surface area contributed by atoms with Crippen LogP contribution in [0.4, 0.5) is 0 Å². The van der Waals surface area contributed by atoms with E-state index in [4.69, 9.17) is 18.0 Å². The summed E-state index contributed by atoms with van der Waals surface area (Å²) in [4.78, 5) is 4.66. The second-order valence-electron chi connectivity index (χ2n) is 4.54. The van der Waals surface area contributed by atoms with E-state index in [2.05, 4.69) is 16.5 Å². The SMILES string of the molecule is CCC1CCCCC1n1ccnc1C(N)=S. The molecule has 88 valence electrons. The van der Waals surface area contributed by atoms with E-state index in [0.29, 0.717) is 11.0 Å². The topological polar surface area (TPSA) is 43.8 Å². The van der Waals surface area contributed by atoms with Crippen molar-refractivity contribution in [1.29, 1.82) is 0 Å². The van der Waals surface area contributed by atoms with Crippen LogP contribution in [-0.4, -0.2) is 14.5 Å². The molecule has 1 heterocycles. The second kappa shape index (κ2) is 4.95. The number of rotatable bonds is 3. The molecule has 2 unspecified atom stereocenters. The van der Waals surface area contributed by atoms with Gasteiger partial charge in [-0.3, -0.25) is 0 Å². The third kappa shape index (κ3) is 2.12. The highest BCUT2D eigenvalue weighted by atomic mass is 32.1. The summed E-state index contributed by atoms with van der Waals surface area (Å²) in [6.07, 6.45) is 10.2. The average molecular weight is 237 g/mol. The zero-order valence-corrected chi connectivity index (χ0v) is 10.5. The summed E-state index contributed by atoms with van der Waals surface area (Å²) in [5.41, 5.74) is 5.70. The Labute approximate surface area is 102 Å². The Kier molecular flexibility index (Phi) is 3.59. The first-order chi connectivity index (χ1) is 7.74. The first-order valence-corrected chi connectivity index (χ1v) is 6.47. The standard InChI is InChI=1S/C12H19N3S/c1-2-9-5-3-4-6-10(9)15-8-7-14-12(15)11(13)16/h7-10H,2-6H2,1H3,(H2,13,16). The lowest BCUT2D eigenvalue weighted by Gasteiger charge is -2.32. The number of imidazole rings is 1. The van der Waals surface area contributed by atoms with Crippen LogP contribution in [0, 0.1) is 5.92 Å². The molecule has 16 heavy (non-hydrogen) atoms. The Morgan fingerprint density at radius 3 is 3.00 bits per heavy atom. The molecule has 2 N–H and O–H groups in total. The van der Waals surface area contributed by atoms with Crippen molar-refractivity contribution < 1.29 is 0 Å². The number of hydrogen-bond donors (Lipinski definition) is 1. The maximum atomic E-state index is 5.70. The lowest BCUT2D eigenvalue weighted by molar-refractivity contribution is 0.232. The van der Waals surface area contributed by atoms with Gasteiger partial charge in [0.2, 0.25) is 0 Å². The fourth-order valence-corrected chi connectivity index (χ4v) is 2.96. The summed E-state index contributed by atoms with van der Waals surface area (Å²) in [6.45, 7) is 2.26. The van der Waals surface area contributed by atoms with Gasteiger partial charge in [0, 0.05) is 18.4 Å². The molecule has 4 heteroatoms. The van der Waals surface area contributed by atoms with Crippen LogP contribution in [0.5, 0.6) is 0 Å². The molecule has 0 aromatic carbocycles. The molecule has 1 aliphatic carbocycles. The molecule has 0 bridgehead atoms. The minimum atomic E-state index is 0.408. The molecule has 0 amide bonds. The highest BCUT2D eigenvalue weighted by molar-refractivity contribution is 7.80. The fourth-order valence-electron chi connectivity index (χ4n) is 2.80. The van der Waals surface area contributed by atoms with Gasteiger partial charge in [-0.05, 0) is 18.8 Å². The Balaban J connectivity index is 2.27. The quantitative estimate of drug-likeness (QED) is 0.822. The molecule has 0 saturated heterocycles. The van der Waals surface area contributed by atoms with Gasteiger partial charge in [-0.2, -0.15) is 0 Å². The molecule has 0 aliphatic heterocycles. The number of thiocarbonyl (C=S) groups is 1. The summed E-state index contributed by atoms with van der Waals surface area (Å²) < 4.78 is 2.19. The van der Waals surface area contributed by atoms with Crippen molar-refractivity contribution in [2.24, 2.45) is 11.7 Å². The highest BCUT2D eigenvalue weighted by Crippen LogP contribution is 2.36. The van der Waals surface area contributed by atoms with Gasteiger partial charge < -0.3 is 10.3 Å². The van der Waals surface area contributed by atoms with Gasteiger partial charge in [0.1, 0.15) is 4.99 Å². The summed E-state index contributed by atoms with van der Waals surface area (Å²) in [6, 6.07) is 0.540. The van der Waals surface area contributed by atoms with Crippen molar-refractivity contribution in [3.8, 4) is 0 Å². The molecule has 1 aromatic heterocycles. The van der Waals surface area contributed by atoms with Gasteiger partial charge in [0.15, 0.2) is 5.82 Å². The third-order valence-electron chi connectivity index (χ3n) is 3.64. The van der Waals surface area contributed by atoms with Crippen LogP contribution in [0.3, 0.4) is 0 Å². The van der Waals surface area contributed by atoms with Crippen LogP contribution < -0.4 is 5.73 Å². The first-order valence-electron chi connectivity index (χ1n) is 6.06. The minimum absolute atomic E-state index is 0.408. The van der Waals surface area contributed by atoms with Gasteiger partial charge in [-0.15, -0.1) is 0 Å². The van der Waals surface area contributed by atoms with Crippen LogP contribution >= 0.6 is 12.2 Å². The van der Waals surface area contributed by atoms with Crippen LogP contribution in [0.1, 0.15) is 50.9 Å². The van der Waals surface area contributed by atoms with E-state index in [9.17, 15) is 0 Å². The van der Waals surface area contributed by atoms with Crippen molar-refractivity contribution >= 4 is 17.2 Å². The average Bonchev–Trinajstić information content (AvgIpc) is 2.77. The number of aromatic nitrogens is 2. The van der Waals surface area contributed by atoms with E-state index in [-0.39, 0.29) is 0 Å². The molecular formula is C12H19N3S. The maximum Gasteiger partial charge on any atom is 0.167 e. The third-order valence-corrected chi connectivity index (χ3v) is 3.82. The van der Waals surface area contributed by atoms with Crippen LogP contribution in [0.2, 0.25) is 0 Å². The minimum Gasteiger partial charge on any atom is -0.387 e. The maximum absolute atomic E-state index is 5.70. The van der Waals surface area contributed by atoms with Crippen molar-refractivity contribution in [2.75, 3.05) is 0 Å². The van der Waals surface area contributed by atoms with Gasteiger partial charge in [0.05, 0.1) is 0 Å². The van der Waals surface area contributed by atoms with E-state index in [1.54, 1.807) is 6.20 Å². The van der Waals surface area contributed by atoms with E-state index < -0.39 is 0 Å². The molecule has 0 spiro atoms. The van der Waals surface area contributed by atoms with E-state index in [0.717, 1.165) is 11.7 Å². The largest absolute Gasteiger partial charge is 0.387 e. The van der Waals surface area contributed by atoms with Gasteiger partial charge >= 0.3 is 0 Å². The zero-order valence-electron chi connectivity index (χ0n) is 9.72. The molecule has 1 fully saturated rings. The van der Waals surface area contributed by atoms with Crippen LogP contribution in [-0.2, 0) is 0 Å². The predicted molar refractivity (Wildman–Crippen MR) is 69.4 cm³/mol. The van der Waals surface area contributed by atoms with Gasteiger partial charge in [0.25, 0.3) is 0 Å². The highest BCUT2D eigenvalue weighted by Gasteiger charge is 2.26. The normalized spacial score (nSPS) is 25.6. The Morgan fingerprint density at radius 1 is 1.56 bits per heavy atom. The summed E-state index contributed by atoms with van der Waals surface area (Å²) in [5.74, 6) is 1.52. The molecule has 2 rings (SSSR count). The smallest absolute Gasteiger partial charge is 0.167 e. The summed E-state index contributed by atoms with van der Waals surface area (Å²) in [5, 5.41) is 0. The molecule has 1 saturated carbocycles. The van der Waals surface area contributed by atoms with Gasteiger partial charge in [-0.1, -0.05) is 38.4 Å². The van der Waals surface area contributed by atoms with Crippen molar-refractivity contribution in [2.45, 2.75) is 45.1 Å². The Morgan fingerprint density at radius 2 is 2.31 bits per heavy atom. The summed E-state index contributed by atoms with van der Waals surface area (Å²) >= 11 is 5.04.